The van der Waals surface area contributed by atoms with Crippen LogP contribution in [0.15, 0.2) is 56.1 Å². The zero-order valence-corrected chi connectivity index (χ0v) is 25.9. The molecule has 0 bridgehead atoms. The van der Waals surface area contributed by atoms with Crippen LogP contribution >= 0.6 is 23.5 Å². The van der Waals surface area contributed by atoms with E-state index in [1.807, 2.05) is 23.5 Å². The topological polar surface area (TPSA) is 40.5 Å². The average Bonchev–Trinajstić information content (AvgIpc) is 2.76. The molecule has 0 aromatic heterocycles. The average molecular weight is 533 g/mol. The fourth-order valence-corrected chi connectivity index (χ4v) is 7.43. The highest BCUT2D eigenvalue weighted by Gasteiger charge is 2.23. The first-order valence-electron chi connectivity index (χ1n) is 13.8. The van der Waals surface area contributed by atoms with E-state index >= 15 is 0 Å². The summed E-state index contributed by atoms with van der Waals surface area (Å²) >= 11 is 3.84. The number of thioether (sulfide) groups is 2. The molecule has 0 fully saturated rings. The van der Waals surface area contributed by atoms with Crippen LogP contribution in [-0.4, -0.2) is 23.4 Å². The maximum Gasteiger partial charge on any atom is 0.0482 e. The van der Waals surface area contributed by atoms with Crippen LogP contribution in [0.2, 0.25) is 0 Å². The van der Waals surface area contributed by atoms with Crippen molar-refractivity contribution < 1.29 is 10.2 Å². The summed E-state index contributed by atoms with van der Waals surface area (Å²) < 4.78 is 0. The zero-order valence-electron chi connectivity index (χ0n) is 24.2. The molecule has 2 aliphatic rings. The van der Waals surface area contributed by atoms with Gasteiger partial charge in [-0.15, -0.1) is 0 Å². The second-order valence-corrected chi connectivity index (χ2v) is 16.0. The molecule has 36 heavy (non-hydrogen) atoms. The number of unbranched alkanes of at least 4 members (excludes halogenated alkanes) is 2. The van der Waals surface area contributed by atoms with Crippen LogP contribution < -0.4 is 0 Å². The summed E-state index contributed by atoms with van der Waals surface area (Å²) in [6.45, 7) is 18.3. The molecule has 4 heteroatoms. The third-order valence-corrected chi connectivity index (χ3v) is 9.06. The van der Waals surface area contributed by atoms with Crippen LogP contribution in [0, 0.1) is 21.7 Å². The third kappa shape index (κ3) is 11.8. The Balaban J connectivity index is 1.93. The molecule has 0 radical (unpaired) electrons. The molecule has 2 aliphatic heterocycles. The van der Waals surface area contributed by atoms with Crippen molar-refractivity contribution in [1.29, 1.82) is 0 Å². The van der Waals surface area contributed by atoms with Crippen molar-refractivity contribution in [2.75, 3.05) is 13.2 Å². The largest absolute Gasteiger partial charge is 0.396 e. The lowest BCUT2D eigenvalue weighted by Gasteiger charge is -2.26. The van der Waals surface area contributed by atoms with Gasteiger partial charge < -0.3 is 10.2 Å². The molecule has 0 atom stereocenters. The summed E-state index contributed by atoms with van der Waals surface area (Å²) in [7, 11) is 0. The molecule has 2 N–H and O–H groups in total. The first kappa shape index (κ1) is 31.5. The molecule has 0 aromatic carbocycles. The van der Waals surface area contributed by atoms with E-state index in [1.165, 1.54) is 32.5 Å². The predicted octanol–water partition coefficient (Wildman–Crippen LogP) is 9.78. The Morgan fingerprint density at radius 1 is 0.639 bits per heavy atom. The van der Waals surface area contributed by atoms with Gasteiger partial charge in [-0.05, 0) is 71.3 Å². The number of hydrogen-bond acceptors (Lipinski definition) is 4. The van der Waals surface area contributed by atoms with Crippen molar-refractivity contribution in [3.63, 3.8) is 0 Å². The van der Waals surface area contributed by atoms with E-state index in [2.05, 4.69) is 91.8 Å². The molecule has 0 spiro atoms. The quantitative estimate of drug-likeness (QED) is 0.218. The van der Waals surface area contributed by atoms with Crippen LogP contribution in [-0.2, 0) is 0 Å². The fourth-order valence-electron chi connectivity index (χ4n) is 4.61. The molecule has 0 aliphatic carbocycles. The molecule has 0 amide bonds. The first-order valence-corrected chi connectivity index (χ1v) is 15.4. The van der Waals surface area contributed by atoms with Crippen LogP contribution in [0.1, 0.15) is 107 Å². The van der Waals surface area contributed by atoms with E-state index in [0.717, 1.165) is 38.5 Å². The van der Waals surface area contributed by atoms with Crippen molar-refractivity contribution in [2.45, 2.75) is 107 Å². The molecular formula is C32H52O2S2. The summed E-state index contributed by atoms with van der Waals surface area (Å²) in [5.41, 5.74) is 0.212. The fraction of sp³-hybridized carbons (Fsp3) is 0.688. The van der Waals surface area contributed by atoms with E-state index in [-0.39, 0.29) is 34.9 Å². The molecule has 204 valence electrons. The normalized spacial score (nSPS) is 20.2. The molecule has 0 unspecified atom stereocenters. The second-order valence-electron chi connectivity index (χ2n) is 13.6. The maximum absolute atomic E-state index is 9.50. The monoisotopic (exact) mass is 532 g/mol. The summed E-state index contributed by atoms with van der Waals surface area (Å²) in [6.07, 6.45) is 23.3. The Labute approximate surface area is 230 Å². The number of hydrogen-bond donors (Lipinski definition) is 2. The minimum atomic E-state index is 0.0314. The van der Waals surface area contributed by atoms with Gasteiger partial charge in [-0.25, -0.2) is 0 Å². The van der Waals surface area contributed by atoms with Crippen LogP contribution in [0.25, 0.3) is 0 Å². The Hall–Kier alpha value is -0.680. The maximum atomic E-state index is 9.50. The molecule has 2 nitrogen and oxygen atoms in total. The SMILES string of the molecule is CC1(C)C=C(C=CC2=CC(C)(C)C=C(CCCCC(C)(C)CO)S2)SC(CCCCC(C)(C)CO)=C1. The van der Waals surface area contributed by atoms with Gasteiger partial charge in [0.25, 0.3) is 0 Å². The summed E-state index contributed by atoms with van der Waals surface area (Å²) in [5.74, 6) is 0. The van der Waals surface area contributed by atoms with Crippen molar-refractivity contribution in [3.05, 3.63) is 56.1 Å². The molecule has 2 rings (SSSR count). The van der Waals surface area contributed by atoms with Crippen LogP contribution in [0.5, 0.6) is 0 Å². The number of aliphatic hydroxyl groups is 2. The van der Waals surface area contributed by atoms with Crippen molar-refractivity contribution in [3.8, 4) is 0 Å². The van der Waals surface area contributed by atoms with Crippen LogP contribution in [0.4, 0.5) is 0 Å². The van der Waals surface area contributed by atoms with Gasteiger partial charge in [0, 0.05) is 33.9 Å². The highest BCUT2D eigenvalue weighted by molar-refractivity contribution is 8.07. The highest BCUT2D eigenvalue weighted by Crippen LogP contribution is 2.44. The van der Waals surface area contributed by atoms with E-state index in [1.54, 1.807) is 0 Å². The van der Waals surface area contributed by atoms with Crippen molar-refractivity contribution in [2.24, 2.45) is 21.7 Å². The molecular weight excluding hydrogens is 480 g/mol. The number of allylic oxidation sites excluding steroid dienone is 8. The van der Waals surface area contributed by atoms with E-state index < -0.39 is 0 Å². The van der Waals surface area contributed by atoms with Gasteiger partial charge in [0.15, 0.2) is 0 Å². The third-order valence-electron chi connectivity index (χ3n) is 6.91. The number of aliphatic hydroxyl groups excluding tert-OH is 2. The van der Waals surface area contributed by atoms with Gasteiger partial charge >= 0.3 is 0 Å². The minimum absolute atomic E-state index is 0.0314. The van der Waals surface area contributed by atoms with E-state index in [4.69, 9.17) is 0 Å². The Kier molecular flexibility index (Phi) is 11.7. The lowest BCUT2D eigenvalue weighted by Crippen LogP contribution is -2.16. The van der Waals surface area contributed by atoms with Gasteiger partial charge in [-0.2, -0.15) is 0 Å². The van der Waals surface area contributed by atoms with Crippen LogP contribution in [0.3, 0.4) is 0 Å². The minimum Gasteiger partial charge on any atom is -0.396 e. The summed E-state index contributed by atoms with van der Waals surface area (Å²) in [5, 5.41) is 19.0. The Bertz CT molecular complexity index is 810. The van der Waals surface area contributed by atoms with Gasteiger partial charge in [0.05, 0.1) is 0 Å². The Morgan fingerprint density at radius 2 is 1.00 bits per heavy atom. The van der Waals surface area contributed by atoms with E-state index in [0.29, 0.717) is 0 Å². The smallest absolute Gasteiger partial charge is 0.0482 e. The Morgan fingerprint density at radius 3 is 1.33 bits per heavy atom. The van der Waals surface area contributed by atoms with Gasteiger partial charge in [-0.3, -0.25) is 0 Å². The lowest BCUT2D eigenvalue weighted by atomic mass is 9.87. The first-order chi connectivity index (χ1) is 16.6. The summed E-state index contributed by atoms with van der Waals surface area (Å²) in [4.78, 5) is 5.63. The molecule has 0 saturated carbocycles. The summed E-state index contributed by atoms with van der Waals surface area (Å²) in [6, 6.07) is 0. The predicted molar refractivity (Wildman–Crippen MR) is 163 cm³/mol. The van der Waals surface area contributed by atoms with Crippen molar-refractivity contribution in [1.82, 2.24) is 0 Å². The standard InChI is InChI=1S/C32H52O2S2/c1-29(2,23-33)17-11-9-13-25-19-31(5,6)21-27(35-25)15-16-28-22-32(7,8)20-26(36-28)14-10-12-18-30(3,4)24-34/h15-16,19-22,33-34H,9-14,17-18,23-24H2,1-8H3. The van der Waals surface area contributed by atoms with Gasteiger partial charge in [-0.1, -0.05) is 116 Å². The highest BCUT2D eigenvalue weighted by atomic mass is 32.2. The van der Waals surface area contributed by atoms with Gasteiger partial charge in [0.2, 0.25) is 0 Å². The van der Waals surface area contributed by atoms with E-state index in [9.17, 15) is 10.2 Å². The van der Waals surface area contributed by atoms with Crippen molar-refractivity contribution >= 4 is 23.5 Å². The molecule has 0 aromatic rings. The molecule has 2 heterocycles. The van der Waals surface area contributed by atoms with Gasteiger partial charge in [0.1, 0.15) is 0 Å². The number of rotatable bonds is 14. The second kappa shape index (κ2) is 13.4. The lowest BCUT2D eigenvalue weighted by molar-refractivity contribution is 0.147. The molecule has 0 saturated heterocycles. The zero-order chi connectivity index (χ0) is 27.0.